The number of carboxylic acid groups (broad SMARTS) is 1. The lowest BCUT2D eigenvalue weighted by Crippen LogP contribution is -2.51. The van der Waals surface area contributed by atoms with Crippen molar-refractivity contribution in [1.29, 1.82) is 0 Å². The van der Waals surface area contributed by atoms with Crippen LogP contribution in [0.4, 0.5) is 11.4 Å². The summed E-state index contributed by atoms with van der Waals surface area (Å²) in [6, 6.07) is 5.31. The predicted octanol–water partition coefficient (Wildman–Crippen LogP) is 1.11. The number of hydrogen-bond acceptors (Lipinski definition) is 4. The van der Waals surface area contributed by atoms with Crippen molar-refractivity contribution in [2.75, 3.05) is 37.3 Å². The highest BCUT2D eigenvalue weighted by Crippen LogP contribution is 2.30. The molecule has 1 atom stereocenters. The van der Waals surface area contributed by atoms with Gasteiger partial charge >= 0.3 is 5.97 Å². The number of benzene rings is 1. The van der Waals surface area contributed by atoms with Gasteiger partial charge in [0.15, 0.2) is 0 Å². The van der Waals surface area contributed by atoms with Crippen LogP contribution in [-0.4, -0.2) is 48.7 Å². The van der Waals surface area contributed by atoms with Gasteiger partial charge in [0.2, 0.25) is 0 Å². The minimum atomic E-state index is -0.927. The fourth-order valence-electron chi connectivity index (χ4n) is 2.53. The van der Waals surface area contributed by atoms with Crippen LogP contribution in [0.15, 0.2) is 18.2 Å². The van der Waals surface area contributed by atoms with Gasteiger partial charge in [-0.1, -0.05) is 6.07 Å². The van der Waals surface area contributed by atoms with Crippen LogP contribution in [0.3, 0.4) is 0 Å². The van der Waals surface area contributed by atoms with E-state index in [-0.39, 0.29) is 11.6 Å². The zero-order valence-corrected chi connectivity index (χ0v) is 10.8. The molecule has 5 heteroatoms. The summed E-state index contributed by atoms with van der Waals surface area (Å²) >= 11 is 0. The first-order valence-electron chi connectivity index (χ1n) is 6.07. The fourth-order valence-corrected chi connectivity index (χ4v) is 2.53. The second kappa shape index (κ2) is 4.86. The molecule has 0 radical (unpaired) electrons. The van der Waals surface area contributed by atoms with Crippen molar-refractivity contribution in [2.24, 2.45) is 0 Å². The fraction of sp³-hybridized carbons (Fsp3) is 0.462. The van der Waals surface area contributed by atoms with E-state index in [1.54, 1.807) is 18.2 Å². The first-order chi connectivity index (χ1) is 8.50. The van der Waals surface area contributed by atoms with Crippen molar-refractivity contribution in [3.63, 3.8) is 0 Å². The average molecular weight is 249 g/mol. The molecular weight excluding hydrogens is 230 g/mol. The zero-order chi connectivity index (χ0) is 13.3. The van der Waals surface area contributed by atoms with Crippen LogP contribution in [0.1, 0.15) is 17.3 Å². The number of piperazine rings is 1. The number of aromatic carboxylic acids is 1. The van der Waals surface area contributed by atoms with Crippen LogP contribution < -0.4 is 10.6 Å². The topological polar surface area (TPSA) is 69.8 Å². The number of carbonyl (C=O) groups is 1. The summed E-state index contributed by atoms with van der Waals surface area (Å²) in [6.45, 7) is 4.71. The standard InChI is InChI=1S/C13H19N3O2/c1-9-8-15(2)6-7-16(9)12-10(13(17)18)4-3-5-11(12)14/h3-5,9H,6-8,14H2,1-2H3,(H,17,18). The first kappa shape index (κ1) is 12.7. The summed E-state index contributed by atoms with van der Waals surface area (Å²) in [7, 11) is 2.07. The van der Waals surface area contributed by atoms with E-state index in [9.17, 15) is 9.90 Å². The molecule has 18 heavy (non-hydrogen) atoms. The molecule has 0 aliphatic carbocycles. The maximum absolute atomic E-state index is 11.3. The molecule has 0 spiro atoms. The van der Waals surface area contributed by atoms with Crippen LogP contribution in [-0.2, 0) is 0 Å². The van der Waals surface area contributed by atoms with E-state index >= 15 is 0 Å². The number of nitrogen functional groups attached to an aromatic ring is 1. The molecule has 0 amide bonds. The number of rotatable bonds is 2. The first-order valence-corrected chi connectivity index (χ1v) is 6.07. The minimum Gasteiger partial charge on any atom is -0.478 e. The normalized spacial score (nSPS) is 21.0. The van der Waals surface area contributed by atoms with E-state index in [1.807, 2.05) is 0 Å². The number of likely N-dealkylation sites (N-methyl/N-ethyl adjacent to an activating group) is 1. The van der Waals surface area contributed by atoms with Gasteiger partial charge in [-0.3, -0.25) is 0 Å². The van der Waals surface area contributed by atoms with E-state index in [0.29, 0.717) is 11.4 Å². The smallest absolute Gasteiger partial charge is 0.337 e. The van der Waals surface area contributed by atoms with Crippen LogP contribution in [0.25, 0.3) is 0 Å². The van der Waals surface area contributed by atoms with Crippen LogP contribution >= 0.6 is 0 Å². The third kappa shape index (κ3) is 2.26. The lowest BCUT2D eigenvalue weighted by Gasteiger charge is -2.40. The Morgan fingerprint density at radius 2 is 2.17 bits per heavy atom. The molecule has 1 unspecified atom stereocenters. The summed E-state index contributed by atoms with van der Waals surface area (Å²) < 4.78 is 0. The largest absolute Gasteiger partial charge is 0.478 e. The molecule has 0 bridgehead atoms. The van der Waals surface area contributed by atoms with Gasteiger partial charge in [-0.15, -0.1) is 0 Å². The molecule has 1 heterocycles. The van der Waals surface area contributed by atoms with Gasteiger partial charge in [0, 0.05) is 25.7 Å². The Morgan fingerprint density at radius 3 is 2.78 bits per heavy atom. The van der Waals surface area contributed by atoms with Gasteiger partial charge in [-0.25, -0.2) is 4.79 Å². The number of nitrogens with two attached hydrogens (primary N) is 1. The Morgan fingerprint density at radius 1 is 1.44 bits per heavy atom. The van der Waals surface area contributed by atoms with E-state index in [0.717, 1.165) is 19.6 Å². The second-order valence-electron chi connectivity index (χ2n) is 4.85. The zero-order valence-electron chi connectivity index (χ0n) is 10.8. The van der Waals surface area contributed by atoms with Crippen molar-refractivity contribution >= 4 is 17.3 Å². The highest BCUT2D eigenvalue weighted by molar-refractivity contribution is 5.98. The molecule has 2 rings (SSSR count). The second-order valence-corrected chi connectivity index (χ2v) is 4.85. The molecule has 1 saturated heterocycles. The molecule has 5 nitrogen and oxygen atoms in total. The number of anilines is 2. The minimum absolute atomic E-state index is 0.256. The Hall–Kier alpha value is -1.75. The van der Waals surface area contributed by atoms with Crippen molar-refractivity contribution in [2.45, 2.75) is 13.0 Å². The lowest BCUT2D eigenvalue weighted by molar-refractivity contribution is 0.0697. The van der Waals surface area contributed by atoms with Gasteiger partial charge in [-0.2, -0.15) is 0 Å². The number of nitrogens with zero attached hydrogens (tertiary/aromatic N) is 2. The molecular formula is C13H19N3O2. The van der Waals surface area contributed by atoms with Gasteiger partial charge < -0.3 is 20.6 Å². The third-order valence-corrected chi connectivity index (χ3v) is 3.42. The highest BCUT2D eigenvalue weighted by atomic mass is 16.4. The van der Waals surface area contributed by atoms with E-state index in [4.69, 9.17) is 5.73 Å². The van der Waals surface area contributed by atoms with Crippen LogP contribution in [0.2, 0.25) is 0 Å². The Labute approximate surface area is 107 Å². The third-order valence-electron chi connectivity index (χ3n) is 3.42. The Balaban J connectivity index is 2.41. The summed E-state index contributed by atoms with van der Waals surface area (Å²) in [5, 5.41) is 9.27. The van der Waals surface area contributed by atoms with Gasteiger partial charge in [0.1, 0.15) is 0 Å². The van der Waals surface area contributed by atoms with Gasteiger partial charge in [-0.05, 0) is 26.1 Å². The molecule has 98 valence electrons. The number of hydrogen-bond donors (Lipinski definition) is 2. The molecule has 0 saturated carbocycles. The van der Waals surface area contributed by atoms with Crippen LogP contribution in [0, 0.1) is 0 Å². The van der Waals surface area contributed by atoms with E-state index in [2.05, 4.69) is 23.8 Å². The summed E-state index contributed by atoms with van der Waals surface area (Å²) in [5.74, 6) is -0.927. The SMILES string of the molecule is CC1CN(C)CCN1c1c(N)cccc1C(=O)O. The average Bonchev–Trinajstić information content (AvgIpc) is 2.29. The summed E-state index contributed by atoms with van der Waals surface area (Å²) in [5.41, 5.74) is 7.44. The Bertz CT molecular complexity index is 462. The van der Waals surface area contributed by atoms with Crippen LogP contribution in [0.5, 0.6) is 0 Å². The molecule has 1 aromatic carbocycles. The van der Waals surface area contributed by atoms with Gasteiger partial charge in [0.25, 0.3) is 0 Å². The molecule has 1 aliphatic rings. The summed E-state index contributed by atoms with van der Waals surface area (Å²) in [6.07, 6.45) is 0. The van der Waals surface area contributed by atoms with Crippen molar-refractivity contribution in [3.05, 3.63) is 23.8 Å². The van der Waals surface area contributed by atoms with Crippen molar-refractivity contribution in [3.8, 4) is 0 Å². The monoisotopic (exact) mass is 249 g/mol. The molecule has 1 aromatic rings. The lowest BCUT2D eigenvalue weighted by atomic mass is 10.1. The maximum atomic E-state index is 11.3. The number of carboxylic acids is 1. The number of para-hydroxylation sites is 1. The van der Waals surface area contributed by atoms with E-state index < -0.39 is 5.97 Å². The maximum Gasteiger partial charge on any atom is 0.337 e. The predicted molar refractivity (Wildman–Crippen MR) is 72.1 cm³/mol. The molecule has 3 N–H and O–H groups in total. The molecule has 1 aliphatic heterocycles. The van der Waals surface area contributed by atoms with Gasteiger partial charge in [0.05, 0.1) is 16.9 Å². The summed E-state index contributed by atoms with van der Waals surface area (Å²) in [4.78, 5) is 15.6. The van der Waals surface area contributed by atoms with Crippen molar-refractivity contribution in [1.82, 2.24) is 4.90 Å². The molecule has 1 fully saturated rings. The van der Waals surface area contributed by atoms with Crippen molar-refractivity contribution < 1.29 is 9.90 Å². The molecule has 0 aromatic heterocycles. The highest BCUT2D eigenvalue weighted by Gasteiger charge is 2.26. The Kier molecular flexibility index (Phi) is 3.43. The van der Waals surface area contributed by atoms with E-state index in [1.165, 1.54) is 0 Å². The quantitative estimate of drug-likeness (QED) is 0.768.